The molecule has 1 aromatic carbocycles. The van der Waals surface area contributed by atoms with Crippen molar-refractivity contribution < 1.29 is 9.18 Å². The molecular weight excluding hydrogens is 345 g/mol. The molecule has 0 N–H and O–H groups in total. The van der Waals surface area contributed by atoms with Gasteiger partial charge >= 0.3 is 0 Å². The Bertz CT molecular complexity index is 732. The molecule has 1 aromatic heterocycles. The number of rotatable bonds is 6. The monoisotopic (exact) mass is 371 g/mol. The summed E-state index contributed by atoms with van der Waals surface area (Å²) in [6.07, 6.45) is 3.94. The SMILES string of the molecule is CC(c1ccc(F)cc1)N(C)CCC(=O)N1CCN(c2ncccn2)CC1. The molecule has 1 aliphatic rings. The molecule has 0 radical (unpaired) electrons. The zero-order valence-corrected chi connectivity index (χ0v) is 15.9. The second-order valence-corrected chi connectivity index (χ2v) is 6.87. The topological polar surface area (TPSA) is 52.6 Å². The maximum atomic E-state index is 13.1. The van der Waals surface area contributed by atoms with Gasteiger partial charge in [-0.3, -0.25) is 9.69 Å². The summed E-state index contributed by atoms with van der Waals surface area (Å²) >= 11 is 0. The van der Waals surface area contributed by atoms with E-state index in [0.717, 1.165) is 24.6 Å². The van der Waals surface area contributed by atoms with E-state index in [1.165, 1.54) is 12.1 Å². The van der Waals surface area contributed by atoms with Gasteiger partial charge in [-0.1, -0.05) is 12.1 Å². The number of aromatic nitrogens is 2. The lowest BCUT2D eigenvalue weighted by Gasteiger charge is -2.35. The van der Waals surface area contributed by atoms with Crippen LogP contribution in [-0.2, 0) is 4.79 Å². The van der Waals surface area contributed by atoms with Crippen LogP contribution in [-0.4, -0.2) is 65.4 Å². The molecule has 2 heterocycles. The lowest BCUT2D eigenvalue weighted by molar-refractivity contribution is -0.131. The lowest BCUT2D eigenvalue weighted by atomic mass is 10.1. The normalized spacial score (nSPS) is 15.9. The highest BCUT2D eigenvalue weighted by Crippen LogP contribution is 2.19. The molecule has 0 bridgehead atoms. The Morgan fingerprint density at radius 3 is 2.41 bits per heavy atom. The van der Waals surface area contributed by atoms with Crippen molar-refractivity contribution in [3.63, 3.8) is 0 Å². The Hall–Kier alpha value is -2.54. The summed E-state index contributed by atoms with van der Waals surface area (Å²) in [5, 5.41) is 0. The number of halogens is 1. The Labute approximate surface area is 159 Å². The molecule has 1 atom stereocenters. The number of nitrogens with zero attached hydrogens (tertiary/aromatic N) is 5. The van der Waals surface area contributed by atoms with E-state index in [4.69, 9.17) is 0 Å². The molecule has 0 aliphatic carbocycles. The summed E-state index contributed by atoms with van der Waals surface area (Å²) in [7, 11) is 1.99. The Kier molecular flexibility index (Phi) is 6.34. The largest absolute Gasteiger partial charge is 0.339 e. The molecule has 0 spiro atoms. The molecular formula is C20H26FN5O. The van der Waals surface area contributed by atoms with Gasteiger partial charge in [0.2, 0.25) is 11.9 Å². The van der Waals surface area contributed by atoms with Crippen molar-refractivity contribution >= 4 is 11.9 Å². The van der Waals surface area contributed by atoms with Crippen molar-refractivity contribution in [3.05, 3.63) is 54.1 Å². The van der Waals surface area contributed by atoms with Gasteiger partial charge in [-0.05, 0) is 37.7 Å². The van der Waals surface area contributed by atoms with E-state index in [0.29, 0.717) is 26.1 Å². The quantitative estimate of drug-likeness (QED) is 0.780. The second-order valence-electron chi connectivity index (χ2n) is 6.87. The van der Waals surface area contributed by atoms with Gasteiger partial charge in [-0.2, -0.15) is 0 Å². The van der Waals surface area contributed by atoms with E-state index in [2.05, 4.69) is 26.7 Å². The smallest absolute Gasteiger partial charge is 0.225 e. The van der Waals surface area contributed by atoms with Crippen LogP contribution in [0.4, 0.5) is 10.3 Å². The highest BCUT2D eigenvalue weighted by molar-refractivity contribution is 5.76. The van der Waals surface area contributed by atoms with Gasteiger partial charge in [0.15, 0.2) is 0 Å². The minimum absolute atomic E-state index is 0.130. The van der Waals surface area contributed by atoms with Gasteiger partial charge in [-0.15, -0.1) is 0 Å². The predicted molar refractivity (Wildman–Crippen MR) is 103 cm³/mol. The molecule has 27 heavy (non-hydrogen) atoms. The number of carbonyl (C=O) groups excluding carboxylic acids is 1. The number of piperazine rings is 1. The van der Waals surface area contributed by atoms with Gasteiger partial charge in [0.1, 0.15) is 5.82 Å². The lowest BCUT2D eigenvalue weighted by Crippen LogP contribution is -2.49. The van der Waals surface area contributed by atoms with Crippen molar-refractivity contribution in [2.45, 2.75) is 19.4 Å². The maximum absolute atomic E-state index is 13.1. The van der Waals surface area contributed by atoms with E-state index >= 15 is 0 Å². The summed E-state index contributed by atoms with van der Waals surface area (Å²) in [6, 6.07) is 8.46. The van der Waals surface area contributed by atoms with Crippen LogP contribution in [0.15, 0.2) is 42.7 Å². The molecule has 1 amide bonds. The van der Waals surface area contributed by atoms with Gasteiger partial charge in [0, 0.05) is 57.6 Å². The summed E-state index contributed by atoms with van der Waals surface area (Å²) < 4.78 is 13.1. The molecule has 3 rings (SSSR count). The van der Waals surface area contributed by atoms with Crippen molar-refractivity contribution in [1.82, 2.24) is 19.8 Å². The van der Waals surface area contributed by atoms with E-state index < -0.39 is 0 Å². The average molecular weight is 371 g/mol. The Morgan fingerprint density at radius 1 is 1.15 bits per heavy atom. The van der Waals surface area contributed by atoms with E-state index in [9.17, 15) is 9.18 Å². The zero-order valence-electron chi connectivity index (χ0n) is 15.9. The average Bonchev–Trinajstić information content (AvgIpc) is 2.72. The van der Waals surface area contributed by atoms with Crippen LogP contribution in [0, 0.1) is 5.82 Å². The molecule has 1 fully saturated rings. The summed E-state index contributed by atoms with van der Waals surface area (Å²) in [5.74, 6) is 0.656. The van der Waals surface area contributed by atoms with Crippen LogP contribution in [0.1, 0.15) is 24.9 Å². The van der Waals surface area contributed by atoms with Gasteiger partial charge < -0.3 is 9.80 Å². The Balaban J connectivity index is 1.45. The fraction of sp³-hybridized carbons (Fsp3) is 0.450. The first-order valence-electron chi connectivity index (χ1n) is 9.30. The summed E-state index contributed by atoms with van der Waals surface area (Å²) in [4.78, 5) is 27.2. The molecule has 1 saturated heterocycles. The molecule has 0 saturated carbocycles. The fourth-order valence-electron chi connectivity index (χ4n) is 3.23. The van der Waals surface area contributed by atoms with Crippen LogP contribution in [0.25, 0.3) is 0 Å². The third-order valence-electron chi connectivity index (χ3n) is 5.16. The molecule has 6 nitrogen and oxygen atoms in total. The van der Waals surface area contributed by atoms with Crippen LogP contribution < -0.4 is 4.90 Å². The van der Waals surface area contributed by atoms with Crippen LogP contribution in [0.5, 0.6) is 0 Å². The predicted octanol–water partition coefficient (Wildman–Crippen LogP) is 2.35. The third-order valence-corrected chi connectivity index (χ3v) is 5.16. The molecule has 1 unspecified atom stereocenters. The first-order valence-corrected chi connectivity index (χ1v) is 9.30. The van der Waals surface area contributed by atoms with Crippen molar-refractivity contribution in [2.24, 2.45) is 0 Å². The number of anilines is 1. The minimum Gasteiger partial charge on any atom is -0.339 e. The van der Waals surface area contributed by atoms with Crippen LogP contribution in [0.3, 0.4) is 0 Å². The van der Waals surface area contributed by atoms with E-state index in [1.54, 1.807) is 30.6 Å². The van der Waals surface area contributed by atoms with Crippen LogP contribution in [0.2, 0.25) is 0 Å². The first kappa shape index (κ1) is 19.2. The van der Waals surface area contributed by atoms with Crippen molar-refractivity contribution in [1.29, 1.82) is 0 Å². The zero-order chi connectivity index (χ0) is 19.2. The molecule has 2 aromatic rings. The number of hydrogen-bond acceptors (Lipinski definition) is 5. The first-order chi connectivity index (χ1) is 13.0. The molecule has 144 valence electrons. The third kappa shape index (κ3) is 5.01. The van der Waals surface area contributed by atoms with Crippen molar-refractivity contribution in [2.75, 3.05) is 44.7 Å². The highest BCUT2D eigenvalue weighted by Gasteiger charge is 2.23. The van der Waals surface area contributed by atoms with E-state index in [-0.39, 0.29) is 17.8 Å². The maximum Gasteiger partial charge on any atom is 0.225 e. The van der Waals surface area contributed by atoms with Crippen LogP contribution >= 0.6 is 0 Å². The minimum atomic E-state index is -0.233. The Morgan fingerprint density at radius 2 is 1.78 bits per heavy atom. The molecule has 1 aliphatic heterocycles. The van der Waals surface area contributed by atoms with E-state index in [1.807, 2.05) is 11.9 Å². The number of carbonyl (C=O) groups is 1. The van der Waals surface area contributed by atoms with Gasteiger partial charge in [-0.25, -0.2) is 14.4 Å². The summed E-state index contributed by atoms with van der Waals surface area (Å²) in [6.45, 7) is 5.60. The number of benzene rings is 1. The van der Waals surface area contributed by atoms with Gasteiger partial charge in [0.25, 0.3) is 0 Å². The van der Waals surface area contributed by atoms with Gasteiger partial charge in [0.05, 0.1) is 0 Å². The molecule has 7 heteroatoms. The van der Waals surface area contributed by atoms with Crippen molar-refractivity contribution in [3.8, 4) is 0 Å². The summed E-state index contributed by atoms with van der Waals surface area (Å²) in [5.41, 5.74) is 1.04. The highest BCUT2D eigenvalue weighted by atomic mass is 19.1. The second kappa shape index (κ2) is 8.90. The number of amides is 1. The standard InChI is InChI=1S/C20H26FN5O/c1-16(17-4-6-18(21)7-5-17)24(2)11-8-19(27)25-12-14-26(15-13-25)20-22-9-3-10-23-20/h3-7,9-10,16H,8,11-15H2,1-2H3. The fourth-order valence-corrected chi connectivity index (χ4v) is 3.23. The number of hydrogen-bond donors (Lipinski definition) is 0.